The van der Waals surface area contributed by atoms with Gasteiger partial charge in [0.05, 0.1) is 6.10 Å². The summed E-state index contributed by atoms with van der Waals surface area (Å²) >= 11 is 0. The summed E-state index contributed by atoms with van der Waals surface area (Å²) in [7, 11) is 0. The Balaban J connectivity index is 4.32. The third-order valence-corrected chi connectivity index (χ3v) is 1.98. The number of carbonyl (C=O) groups is 1. The fraction of sp³-hybridized carbons (Fsp3) is 0.900. The summed E-state index contributed by atoms with van der Waals surface area (Å²) in [6.07, 6.45) is -0.971. The lowest BCUT2D eigenvalue weighted by atomic mass is 9.94. The van der Waals surface area contributed by atoms with Crippen molar-refractivity contribution in [2.24, 2.45) is 11.8 Å². The lowest BCUT2D eigenvalue weighted by Crippen LogP contribution is -2.38. The molecule has 0 saturated heterocycles. The van der Waals surface area contributed by atoms with Gasteiger partial charge in [-0.2, -0.15) is 0 Å². The van der Waals surface area contributed by atoms with Crippen LogP contribution in [0.2, 0.25) is 0 Å². The van der Waals surface area contributed by atoms with Crippen LogP contribution in [-0.4, -0.2) is 23.3 Å². The number of aliphatic hydroxyl groups excluding tert-OH is 1. The molecule has 2 atom stereocenters. The molecule has 0 heterocycles. The average Bonchev–Trinajstić information content (AvgIpc) is 1.97. The molecule has 0 amide bonds. The van der Waals surface area contributed by atoms with Gasteiger partial charge in [0.1, 0.15) is 6.10 Å². The highest BCUT2D eigenvalue weighted by Crippen LogP contribution is 2.17. The van der Waals surface area contributed by atoms with E-state index in [1.165, 1.54) is 6.92 Å². The first-order valence-electron chi connectivity index (χ1n) is 4.71. The van der Waals surface area contributed by atoms with E-state index in [9.17, 15) is 9.90 Å². The van der Waals surface area contributed by atoms with Crippen molar-refractivity contribution in [2.75, 3.05) is 0 Å². The van der Waals surface area contributed by atoms with Crippen LogP contribution in [0.25, 0.3) is 0 Å². The Morgan fingerprint density at radius 2 is 1.62 bits per heavy atom. The van der Waals surface area contributed by atoms with Crippen LogP contribution in [0.3, 0.4) is 0 Å². The number of hydrogen-bond acceptors (Lipinski definition) is 3. The van der Waals surface area contributed by atoms with Crippen molar-refractivity contribution in [1.29, 1.82) is 0 Å². The zero-order valence-corrected chi connectivity index (χ0v) is 9.07. The lowest BCUT2D eigenvalue weighted by Gasteiger charge is -2.28. The second kappa shape index (κ2) is 5.22. The molecule has 0 fully saturated rings. The number of hydrogen-bond donors (Lipinski definition) is 1. The molecule has 3 heteroatoms. The Hall–Kier alpha value is -0.570. The molecule has 0 radical (unpaired) electrons. The number of carbonyl (C=O) groups excluding carboxylic acids is 1. The normalized spacial score (nSPS) is 16.0. The summed E-state index contributed by atoms with van der Waals surface area (Å²) < 4.78 is 5.05. The van der Waals surface area contributed by atoms with Crippen LogP contribution in [0.5, 0.6) is 0 Å². The summed E-state index contributed by atoms with van der Waals surface area (Å²) in [6, 6.07) is 0. The van der Waals surface area contributed by atoms with Crippen LogP contribution in [-0.2, 0) is 9.53 Å². The number of esters is 1. The summed E-state index contributed by atoms with van der Waals surface area (Å²) in [4.78, 5) is 10.8. The van der Waals surface area contributed by atoms with Gasteiger partial charge in [-0.05, 0) is 11.8 Å². The minimum absolute atomic E-state index is 0.103. The second-order valence-electron chi connectivity index (χ2n) is 4.05. The summed E-state index contributed by atoms with van der Waals surface area (Å²) in [5, 5.41) is 9.73. The van der Waals surface area contributed by atoms with Crippen LogP contribution in [0.4, 0.5) is 0 Å². The Morgan fingerprint density at radius 3 is 1.85 bits per heavy atom. The minimum Gasteiger partial charge on any atom is -0.460 e. The fourth-order valence-corrected chi connectivity index (χ4v) is 1.17. The molecular formula is C10H20O3. The minimum atomic E-state index is -0.580. The molecule has 0 spiro atoms. The molecule has 0 aromatic carbocycles. The topological polar surface area (TPSA) is 46.5 Å². The molecule has 0 aliphatic heterocycles. The molecule has 2 unspecified atom stereocenters. The monoisotopic (exact) mass is 188 g/mol. The third kappa shape index (κ3) is 4.27. The number of ether oxygens (including phenoxy) is 1. The largest absolute Gasteiger partial charge is 0.460 e. The lowest BCUT2D eigenvalue weighted by molar-refractivity contribution is -0.158. The van der Waals surface area contributed by atoms with Gasteiger partial charge in [-0.25, -0.2) is 0 Å². The quantitative estimate of drug-likeness (QED) is 0.681. The molecule has 3 nitrogen and oxygen atoms in total. The van der Waals surface area contributed by atoms with E-state index >= 15 is 0 Å². The second-order valence-corrected chi connectivity index (χ2v) is 4.05. The molecule has 0 rings (SSSR count). The van der Waals surface area contributed by atoms with E-state index in [1.807, 2.05) is 27.7 Å². The van der Waals surface area contributed by atoms with Gasteiger partial charge in [-0.3, -0.25) is 4.79 Å². The first kappa shape index (κ1) is 12.4. The first-order valence-corrected chi connectivity index (χ1v) is 4.71. The van der Waals surface area contributed by atoms with Crippen molar-refractivity contribution in [3.8, 4) is 0 Å². The van der Waals surface area contributed by atoms with E-state index in [-0.39, 0.29) is 17.8 Å². The predicted molar refractivity (Wildman–Crippen MR) is 51.2 cm³/mol. The van der Waals surface area contributed by atoms with E-state index in [1.54, 1.807) is 0 Å². The van der Waals surface area contributed by atoms with Gasteiger partial charge in [0.15, 0.2) is 0 Å². The molecule has 0 aromatic rings. The van der Waals surface area contributed by atoms with Crippen LogP contribution in [0.15, 0.2) is 0 Å². The van der Waals surface area contributed by atoms with Gasteiger partial charge in [-0.15, -0.1) is 0 Å². The van der Waals surface area contributed by atoms with Gasteiger partial charge in [0.2, 0.25) is 0 Å². The van der Waals surface area contributed by atoms with E-state index in [4.69, 9.17) is 4.74 Å². The van der Waals surface area contributed by atoms with E-state index in [0.29, 0.717) is 0 Å². The van der Waals surface area contributed by atoms with Gasteiger partial charge >= 0.3 is 5.97 Å². The highest BCUT2D eigenvalue weighted by atomic mass is 16.6. The van der Waals surface area contributed by atoms with Crippen LogP contribution in [0.1, 0.15) is 34.6 Å². The number of rotatable bonds is 4. The zero-order valence-electron chi connectivity index (χ0n) is 9.07. The van der Waals surface area contributed by atoms with E-state index in [2.05, 4.69) is 0 Å². The molecule has 78 valence electrons. The summed E-state index contributed by atoms with van der Waals surface area (Å²) in [5.41, 5.74) is 0. The molecule has 0 aromatic heterocycles. The average molecular weight is 188 g/mol. The maximum Gasteiger partial charge on any atom is 0.303 e. The fourth-order valence-electron chi connectivity index (χ4n) is 1.17. The Kier molecular flexibility index (Phi) is 4.99. The third-order valence-electron chi connectivity index (χ3n) is 1.98. The maximum atomic E-state index is 10.8. The van der Waals surface area contributed by atoms with Crippen molar-refractivity contribution >= 4 is 5.97 Å². The summed E-state index contributed by atoms with van der Waals surface area (Å²) in [6.45, 7) is 9.04. The van der Waals surface area contributed by atoms with Gasteiger partial charge in [-0.1, -0.05) is 27.7 Å². The molecule has 1 N–H and O–H groups in total. The number of aliphatic hydroxyl groups is 1. The van der Waals surface area contributed by atoms with Crippen molar-refractivity contribution in [1.82, 2.24) is 0 Å². The molecule has 0 aliphatic carbocycles. The van der Waals surface area contributed by atoms with Crippen molar-refractivity contribution in [3.05, 3.63) is 0 Å². The van der Waals surface area contributed by atoms with Crippen molar-refractivity contribution in [3.63, 3.8) is 0 Å². The zero-order chi connectivity index (χ0) is 10.6. The Morgan fingerprint density at radius 1 is 1.15 bits per heavy atom. The van der Waals surface area contributed by atoms with Crippen molar-refractivity contribution in [2.45, 2.75) is 46.8 Å². The van der Waals surface area contributed by atoms with E-state index < -0.39 is 12.2 Å². The van der Waals surface area contributed by atoms with Gasteiger partial charge < -0.3 is 9.84 Å². The smallest absolute Gasteiger partial charge is 0.303 e. The predicted octanol–water partition coefficient (Wildman–Crippen LogP) is 1.59. The van der Waals surface area contributed by atoms with Crippen LogP contribution >= 0.6 is 0 Å². The molecule has 0 aliphatic rings. The Labute approximate surface area is 80.1 Å². The molecule has 0 saturated carbocycles. The standard InChI is InChI=1S/C10H20O3/c1-6(2)9(12)10(7(3)4)13-8(5)11/h6-7,9-10,12H,1-5H3. The SMILES string of the molecule is CC(=O)OC(C(C)C)C(O)C(C)C. The maximum absolute atomic E-state index is 10.8. The highest BCUT2D eigenvalue weighted by molar-refractivity contribution is 5.66. The van der Waals surface area contributed by atoms with Crippen LogP contribution < -0.4 is 0 Å². The molecule has 0 bridgehead atoms. The summed E-state index contributed by atoms with van der Waals surface area (Å²) in [5.74, 6) is -0.0913. The molecule has 13 heavy (non-hydrogen) atoms. The van der Waals surface area contributed by atoms with Crippen molar-refractivity contribution < 1.29 is 14.6 Å². The highest BCUT2D eigenvalue weighted by Gasteiger charge is 2.27. The van der Waals surface area contributed by atoms with Gasteiger partial charge in [0, 0.05) is 6.92 Å². The Bertz CT molecular complexity index is 164. The van der Waals surface area contributed by atoms with Gasteiger partial charge in [0.25, 0.3) is 0 Å². The first-order chi connectivity index (χ1) is 5.86. The van der Waals surface area contributed by atoms with Crippen LogP contribution in [0, 0.1) is 11.8 Å². The van der Waals surface area contributed by atoms with E-state index in [0.717, 1.165) is 0 Å². The molecular weight excluding hydrogens is 168 g/mol.